The van der Waals surface area contributed by atoms with Crippen LogP contribution in [0.25, 0.3) is 33.5 Å². The molecule has 5 rings (SSSR count). The second-order valence-electron chi connectivity index (χ2n) is 7.24. The molecule has 1 aromatic carbocycles. The third kappa shape index (κ3) is 3.12. The fraction of sp³-hybridized carbons (Fsp3) is 0.227. The molecule has 3 aromatic heterocycles. The highest BCUT2D eigenvalue weighted by Gasteiger charge is 2.15. The van der Waals surface area contributed by atoms with Gasteiger partial charge in [-0.1, -0.05) is 12.1 Å². The van der Waals surface area contributed by atoms with Gasteiger partial charge in [-0.05, 0) is 43.4 Å². The Morgan fingerprint density at radius 2 is 1.71 bits per heavy atom. The first-order valence-corrected chi connectivity index (χ1v) is 9.57. The molecular formula is C22H22N6. The van der Waals surface area contributed by atoms with Crippen LogP contribution in [0.1, 0.15) is 0 Å². The predicted molar refractivity (Wildman–Crippen MR) is 112 cm³/mol. The molecule has 0 radical (unpaired) electrons. The number of pyridine rings is 2. The highest BCUT2D eigenvalue weighted by molar-refractivity contribution is 5.91. The SMILES string of the molecule is CN1CCN(c2ccc(-c3n[nH]c4ccc(-c5cccnc5)nc34)cc2)CC1. The zero-order chi connectivity index (χ0) is 18.9. The summed E-state index contributed by atoms with van der Waals surface area (Å²) in [5.74, 6) is 0. The average Bonchev–Trinajstić information content (AvgIpc) is 3.18. The van der Waals surface area contributed by atoms with Gasteiger partial charge in [0.15, 0.2) is 0 Å². The second kappa shape index (κ2) is 7.05. The van der Waals surface area contributed by atoms with Crippen molar-refractivity contribution < 1.29 is 0 Å². The third-order valence-electron chi connectivity index (χ3n) is 5.37. The number of fused-ring (bicyclic) bond motifs is 1. The molecule has 1 fully saturated rings. The van der Waals surface area contributed by atoms with E-state index >= 15 is 0 Å². The van der Waals surface area contributed by atoms with Crippen molar-refractivity contribution in [3.63, 3.8) is 0 Å². The predicted octanol–water partition coefficient (Wildman–Crippen LogP) is 3.44. The van der Waals surface area contributed by atoms with Crippen LogP contribution in [0.3, 0.4) is 0 Å². The zero-order valence-corrected chi connectivity index (χ0v) is 15.8. The largest absolute Gasteiger partial charge is 0.369 e. The lowest BCUT2D eigenvalue weighted by Gasteiger charge is -2.34. The lowest BCUT2D eigenvalue weighted by atomic mass is 10.1. The van der Waals surface area contributed by atoms with Gasteiger partial charge in [0.25, 0.3) is 0 Å². The van der Waals surface area contributed by atoms with E-state index in [0.717, 1.165) is 59.7 Å². The van der Waals surface area contributed by atoms with Gasteiger partial charge in [-0.3, -0.25) is 10.1 Å². The molecule has 0 unspecified atom stereocenters. The van der Waals surface area contributed by atoms with Crippen molar-refractivity contribution in [2.75, 3.05) is 38.1 Å². The minimum absolute atomic E-state index is 0.880. The highest BCUT2D eigenvalue weighted by atomic mass is 15.2. The van der Waals surface area contributed by atoms with Crippen molar-refractivity contribution in [2.45, 2.75) is 0 Å². The Kier molecular flexibility index (Phi) is 4.25. The summed E-state index contributed by atoms with van der Waals surface area (Å²) in [6.45, 7) is 4.34. The van der Waals surface area contributed by atoms with Crippen LogP contribution in [-0.4, -0.2) is 58.3 Å². The molecule has 1 aliphatic heterocycles. The molecule has 0 atom stereocenters. The number of likely N-dealkylation sites (N-methyl/N-ethyl adjacent to an activating group) is 1. The van der Waals surface area contributed by atoms with Crippen LogP contribution in [0.2, 0.25) is 0 Å². The summed E-state index contributed by atoms with van der Waals surface area (Å²) in [5, 5.41) is 7.63. The minimum Gasteiger partial charge on any atom is -0.369 e. The Morgan fingerprint density at radius 1 is 0.893 bits per heavy atom. The van der Waals surface area contributed by atoms with Gasteiger partial charge in [-0.2, -0.15) is 5.10 Å². The van der Waals surface area contributed by atoms with E-state index in [1.165, 1.54) is 5.69 Å². The molecule has 4 aromatic rings. The van der Waals surface area contributed by atoms with E-state index in [9.17, 15) is 0 Å². The van der Waals surface area contributed by atoms with Gasteiger partial charge in [0.05, 0.1) is 11.2 Å². The summed E-state index contributed by atoms with van der Waals surface area (Å²) in [7, 11) is 2.18. The molecule has 140 valence electrons. The Labute approximate surface area is 163 Å². The Bertz CT molecular complexity index is 1080. The Morgan fingerprint density at radius 3 is 2.46 bits per heavy atom. The van der Waals surface area contributed by atoms with E-state index < -0.39 is 0 Å². The average molecular weight is 370 g/mol. The summed E-state index contributed by atoms with van der Waals surface area (Å²) >= 11 is 0. The summed E-state index contributed by atoms with van der Waals surface area (Å²) < 4.78 is 0. The highest BCUT2D eigenvalue weighted by Crippen LogP contribution is 2.29. The summed E-state index contributed by atoms with van der Waals surface area (Å²) in [6, 6.07) is 16.6. The van der Waals surface area contributed by atoms with Crippen LogP contribution >= 0.6 is 0 Å². The van der Waals surface area contributed by atoms with Crippen molar-refractivity contribution in [1.29, 1.82) is 0 Å². The minimum atomic E-state index is 0.880. The number of anilines is 1. The monoisotopic (exact) mass is 370 g/mol. The first-order chi connectivity index (χ1) is 13.8. The maximum atomic E-state index is 4.85. The van der Waals surface area contributed by atoms with E-state index in [1.54, 1.807) is 6.20 Å². The first-order valence-electron chi connectivity index (χ1n) is 9.57. The van der Waals surface area contributed by atoms with Crippen molar-refractivity contribution in [2.24, 2.45) is 0 Å². The molecule has 6 heteroatoms. The number of nitrogens with zero attached hydrogens (tertiary/aromatic N) is 5. The number of aromatic nitrogens is 4. The van der Waals surface area contributed by atoms with Crippen LogP contribution in [-0.2, 0) is 0 Å². The van der Waals surface area contributed by atoms with E-state index in [2.05, 4.69) is 56.3 Å². The molecule has 0 bridgehead atoms. The van der Waals surface area contributed by atoms with Gasteiger partial charge in [0, 0.05) is 55.4 Å². The quantitative estimate of drug-likeness (QED) is 0.599. The molecule has 0 amide bonds. The molecule has 28 heavy (non-hydrogen) atoms. The molecule has 0 saturated carbocycles. The number of nitrogens with one attached hydrogen (secondary N) is 1. The van der Waals surface area contributed by atoms with E-state index in [1.807, 2.05) is 30.5 Å². The second-order valence-corrected chi connectivity index (χ2v) is 7.24. The van der Waals surface area contributed by atoms with Gasteiger partial charge in [0.2, 0.25) is 0 Å². The lowest BCUT2D eigenvalue weighted by Crippen LogP contribution is -2.44. The number of benzene rings is 1. The van der Waals surface area contributed by atoms with Gasteiger partial charge >= 0.3 is 0 Å². The number of hydrogen-bond acceptors (Lipinski definition) is 5. The number of H-pyrrole nitrogens is 1. The topological polar surface area (TPSA) is 60.9 Å². The lowest BCUT2D eigenvalue weighted by molar-refractivity contribution is 0.313. The Balaban J connectivity index is 1.47. The fourth-order valence-corrected chi connectivity index (χ4v) is 3.67. The maximum Gasteiger partial charge on any atom is 0.118 e. The van der Waals surface area contributed by atoms with Gasteiger partial charge in [0.1, 0.15) is 11.2 Å². The normalized spacial score (nSPS) is 15.2. The first kappa shape index (κ1) is 16.9. The van der Waals surface area contributed by atoms with Crippen molar-refractivity contribution in [3.8, 4) is 22.5 Å². The molecule has 1 saturated heterocycles. The Hall–Kier alpha value is -3.25. The van der Waals surface area contributed by atoms with Gasteiger partial charge in [-0.25, -0.2) is 4.98 Å². The molecule has 4 heterocycles. The standard InChI is InChI=1S/C22H22N6/c1-27-11-13-28(14-12-27)18-6-4-16(5-7-18)21-22-20(25-26-21)9-8-19(24-22)17-3-2-10-23-15-17/h2-10,15H,11-14H2,1H3,(H,25,26). The third-order valence-corrected chi connectivity index (χ3v) is 5.37. The van der Waals surface area contributed by atoms with Gasteiger partial charge < -0.3 is 9.80 Å². The number of hydrogen-bond donors (Lipinski definition) is 1. The maximum absolute atomic E-state index is 4.85. The van der Waals surface area contributed by atoms with Crippen LogP contribution in [0.5, 0.6) is 0 Å². The molecule has 6 nitrogen and oxygen atoms in total. The molecule has 0 aliphatic carbocycles. The smallest absolute Gasteiger partial charge is 0.118 e. The summed E-state index contributed by atoms with van der Waals surface area (Å²) in [5.41, 5.74) is 6.94. The summed E-state index contributed by atoms with van der Waals surface area (Å²) in [4.78, 5) is 13.9. The molecule has 0 spiro atoms. The molecule has 1 N–H and O–H groups in total. The van der Waals surface area contributed by atoms with Crippen LogP contribution < -0.4 is 4.90 Å². The number of rotatable bonds is 3. The van der Waals surface area contributed by atoms with E-state index in [-0.39, 0.29) is 0 Å². The number of aromatic amines is 1. The van der Waals surface area contributed by atoms with Crippen LogP contribution in [0.4, 0.5) is 5.69 Å². The van der Waals surface area contributed by atoms with Crippen LogP contribution in [0, 0.1) is 0 Å². The van der Waals surface area contributed by atoms with Crippen molar-refractivity contribution in [1.82, 2.24) is 25.1 Å². The van der Waals surface area contributed by atoms with Gasteiger partial charge in [-0.15, -0.1) is 0 Å². The summed E-state index contributed by atoms with van der Waals surface area (Å²) in [6.07, 6.45) is 3.60. The molecule has 1 aliphatic rings. The van der Waals surface area contributed by atoms with E-state index in [4.69, 9.17) is 4.98 Å². The molecular weight excluding hydrogens is 348 g/mol. The van der Waals surface area contributed by atoms with Crippen molar-refractivity contribution >= 4 is 16.7 Å². The van der Waals surface area contributed by atoms with Crippen LogP contribution in [0.15, 0.2) is 60.9 Å². The fourth-order valence-electron chi connectivity index (χ4n) is 3.67. The zero-order valence-electron chi connectivity index (χ0n) is 15.8. The number of piperazine rings is 1. The van der Waals surface area contributed by atoms with E-state index in [0.29, 0.717) is 0 Å². The van der Waals surface area contributed by atoms with Crippen molar-refractivity contribution in [3.05, 3.63) is 60.9 Å².